The van der Waals surface area contributed by atoms with Crippen LogP contribution in [0.3, 0.4) is 0 Å². The SMILES string of the molecule is COC(=O)[C@@H]1C(=O)[C@H](C(=O)OC)[C@@H](C)N[C@@H]1C. The minimum absolute atomic E-state index is 0.356. The van der Waals surface area contributed by atoms with Gasteiger partial charge in [0.2, 0.25) is 0 Å². The van der Waals surface area contributed by atoms with Gasteiger partial charge in [-0.3, -0.25) is 14.4 Å². The molecule has 0 unspecified atom stereocenters. The molecule has 1 rings (SSSR count). The number of hydrogen-bond acceptors (Lipinski definition) is 6. The number of Topliss-reactive ketones (excluding diaryl/α,β-unsaturated/α-hetero) is 1. The first-order valence-corrected chi connectivity index (χ1v) is 5.39. The van der Waals surface area contributed by atoms with E-state index in [1.165, 1.54) is 14.2 Å². The third-order valence-electron chi connectivity index (χ3n) is 3.05. The number of ether oxygens (including phenoxy) is 2. The molecule has 1 saturated heterocycles. The lowest BCUT2D eigenvalue weighted by Crippen LogP contribution is -2.59. The lowest BCUT2D eigenvalue weighted by Gasteiger charge is -2.35. The molecule has 0 saturated carbocycles. The Balaban J connectivity index is 2.99. The first-order valence-electron chi connectivity index (χ1n) is 5.39. The molecule has 4 atom stereocenters. The Morgan fingerprint density at radius 1 is 1.00 bits per heavy atom. The maximum Gasteiger partial charge on any atom is 0.317 e. The highest BCUT2D eigenvalue weighted by Crippen LogP contribution is 2.24. The van der Waals surface area contributed by atoms with Gasteiger partial charge < -0.3 is 14.8 Å². The molecule has 17 heavy (non-hydrogen) atoms. The zero-order valence-corrected chi connectivity index (χ0v) is 10.4. The first-order chi connectivity index (χ1) is 7.93. The molecule has 0 aromatic rings. The molecule has 0 spiro atoms. The smallest absolute Gasteiger partial charge is 0.317 e. The van der Waals surface area contributed by atoms with Crippen LogP contribution in [0.1, 0.15) is 13.8 Å². The van der Waals surface area contributed by atoms with Gasteiger partial charge in [-0.05, 0) is 13.8 Å². The van der Waals surface area contributed by atoms with Crippen molar-refractivity contribution in [3.05, 3.63) is 0 Å². The van der Waals surface area contributed by atoms with E-state index in [0.29, 0.717) is 0 Å². The fourth-order valence-electron chi connectivity index (χ4n) is 2.19. The molecule has 6 nitrogen and oxygen atoms in total. The molecule has 0 radical (unpaired) electrons. The zero-order chi connectivity index (χ0) is 13.2. The van der Waals surface area contributed by atoms with Crippen LogP contribution in [0.5, 0.6) is 0 Å². The summed E-state index contributed by atoms with van der Waals surface area (Å²) in [6, 6.07) is -0.711. The maximum atomic E-state index is 12.1. The van der Waals surface area contributed by atoms with Crippen molar-refractivity contribution in [2.75, 3.05) is 14.2 Å². The highest BCUT2D eigenvalue weighted by molar-refractivity contribution is 6.10. The van der Waals surface area contributed by atoms with Crippen molar-refractivity contribution in [3.63, 3.8) is 0 Å². The number of carbonyl (C=O) groups excluding carboxylic acids is 3. The van der Waals surface area contributed by atoms with Crippen molar-refractivity contribution in [1.29, 1.82) is 0 Å². The molecule has 1 heterocycles. The average Bonchev–Trinajstić information content (AvgIpc) is 2.27. The number of hydrogen-bond donors (Lipinski definition) is 1. The van der Waals surface area contributed by atoms with Crippen LogP contribution in [0.15, 0.2) is 0 Å². The van der Waals surface area contributed by atoms with E-state index in [-0.39, 0.29) is 12.1 Å². The highest BCUT2D eigenvalue weighted by Gasteiger charge is 2.48. The lowest BCUT2D eigenvalue weighted by atomic mass is 9.79. The molecule has 0 aromatic carbocycles. The first kappa shape index (κ1) is 13.6. The van der Waals surface area contributed by atoms with Crippen LogP contribution >= 0.6 is 0 Å². The van der Waals surface area contributed by atoms with Gasteiger partial charge >= 0.3 is 11.9 Å². The molecule has 1 fully saturated rings. The maximum absolute atomic E-state index is 12.1. The topological polar surface area (TPSA) is 81.7 Å². The second kappa shape index (κ2) is 5.27. The summed E-state index contributed by atoms with van der Waals surface area (Å²) in [6.07, 6.45) is 0. The molecule has 0 aliphatic carbocycles. The molecule has 1 aliphatic heterocycles. The van der Waals surface area contributed by atoms with Gasteiger partial charge in [0.1, 0.15) is 11.8 Å². The summed E-state index contributed by atoms with van der Waals surface area (Å²) in [4.78, 5) is 35.1. The van der Waals surface area contributed by atoms with Crippen molar-refractivity contribution in [2.45, 2.75) is 25.9 Å². The fraction of sp³-hybridized carbons (Fsp3) is 0.727. The van der Waals surface area contributed by atoms with Crippen molar-refractivity contribution < 1.29 is 23.9 Å². The van der Waals surface area contributed by atoms with Crippen molar-refractivity contribution >= 4 is 17.7 Å². The Bertz CT molecular complexity index is 311. The van der Waals surface area contributed by atoms with Crippen LogP contribution in [0.4, 0.5) is 0 Å². The number of esters is 2. The van der Waals surface area contributed by atoms with E-state index in [9.17, 15) is 14.4 Å². The summed E-state index contributed by atoms with van der Waals surface area (Å²) >= 11 is 0. The van der Waals surface area contributed by atoms with Gasteiger partial charge in [-0.2, -0.15) is 0 Å². The molecular weight excluding hydrogens is 226 g/mol. The molecular formula is C11H17NO5. The number of carbonyl (C=O) groups is 3. The average molecular weight is 243 g/mol. The fourth-order valence-corrected chi connectivity index (χ4v) is 2.19. The number of rotatable bonds is 2. The number of piperidine rings is 1. The van der Waals surface area contributed by atoms with E-state index in [1.54, 1.807) is 13.8 Å². The summed E-state index contributed by atoms with van der Waals surface area (Å²) in [5, 5.41) is 3.02. The Morgan fingerprint density at radius 3 is 1.65 bits per heavy atom. The van der Waals surface area contributed by atoms with E-state index in [0.717, 1.165) is 0 Å². The minimum atomic E-state index is -0.958. The molecule has 6 heteroatoms. The predicted molar refractivity (Wildman–Crippen MR) is 58.1 cm³/mol. The van der Waals surface area contributed by atoms with Gasteiger partial charge in [0, 0.05) is 12.1 Å². The number of methoxy groups -OCH3 is 2. The summed E-state index contributed by atoms with van der Waals surface area (Å²) in [6.45, 7) is 3.42. The predicted octanol–water partition coefficient (Wildman–Crippen LogP) is -0.486. The van der Waals surface area contributed by atoms with Crippen LogP contribution in [-0.2, 0) is 23.9 Å². The third kappa shape index (κ3) is 2.46. The summed E-state index contributed by atoms with van der Waals surface area (Å²) < 4.78 is 9.15. The van der Waals surface area contributed by atoms with Crippen LogP contribution in [-0.4, -0.2) is 44.0 Å². The van der Waals surface area contributed by atoms with Gasteiger partial charge in [-0.25, -0.2) is 0 Å². The quantitative estimate of drug-likeness (QED) is 0.521. The van der Waals surface area contributed by atoms with Crippen LogP contribution < -0.4 is 5.32 Å². The summed E-state index contributed by atoms with van der Waals surface area (Å²) in [5.41, 5.74) is 0. The molecule has 0 aromatic heterocycles. The minimum Gasteiger partial charge on any atom is -0.468 e. The van der Waals surface area contributed by atoms with E-state index in [1.807, 2.05) is 0 Å². The Hall–Kier alpha value is -1.43. The lowest BCUT2D eigenvalue weighted by molar-refractivity contribution is -0.159. The van der Waals surface area contributed by atoms with Crippen molar-refractivity contribution in [1.82, 2.24) is 5.32 Å². The normalized spacial score (nSPS) is 33.1. The van der Waals surface area contributed by atoms with E-state index in [4.69, 9.17) is 0 Å². The van der Waals surface area contributed by atoms with E-state index >= 15 is 0 Å². The second-order valence-electron chi connectivity index (χ2n) is 4.15. The molecule has 1 aliphatic rings. The molecule has 1 N–H and O–H groups in total. The molecule has 0 bridgehead atoms. The Morgan fingerprint density at radius 2 is 1.35 bits per heavy atom. The molecule has 96 valence electrons. The van der Waals surface area contributed by atoms with Gasteiger partial charge in [0.05, 0.1) is 14.2 Å². The van der Waals surface area contributed by atoms with Crippen molar-refractivity contribution in [3.8, 4) is 0 Å². The largest absolute Gasteiger partial charge is 0.468 e. The number of nitrogens with one attached hydrogen (secondary N) is 1. The summed E-state index contributed by atoms with van der Waals surface area (Å²) in [7, 11) is 2.43. The van der Waals surface area contributed by atoms with Crippen LogP contribution in [0.2, 0.25) is 0 Å². The third-order valence-corrected chi connectivity index (χ3v) is 3.05. The standard InChI is InChI=1S/C11H17NO5/c1-5-7(10(14)16-3)9(13)8(6(2)12-5)11(15)17-4/h5-8,12H,1-4H3/t5-,6-,7-,8+/m1/s1. The Labute approximate surface area is 99.6 Å². The van der Waals surface area contributed by atoms with Crippen LogP contribution in [0, 0.1) is 11.8 Å². The van der Waals surface area contributed by atoms with E-state index < -0.39 is 29.6 Å². The summed E-state index contributed by atoms with van der Waals surface area (Å²) in [5.74, 6) is -3.62. The second-order valence-corrected chi connectivity index (χ2v) is 4.15. The van der Waals surface area contributed by atoms with E-state index in [2.05, 4.69) is 14.8 Å². The monoisotopic (exact) mass is 243 g/mol. The molecule has 0 amide bonds. The number of ketones is 1. The highest BCUT2D eigenvalue weighted by atomic mass is 16.5. The van der Waals surface area contributed by atoms with Gasteiger partial charge in [0.25, 0.3) is 0 Å². The van der Waals surface area contributed by atoms with Crippen LogP contribution in [0.25, 0.3) is 0 Å². The van der Waals surface area contributed by atoms with Gasteiger partial charge in [-0.1, -0.05) is 0 Å². The van der Waals surface area contributed by atoms with Gasteiger partial charge in [0.15, 0.2) is 5.78 Å². The zero-order valence-electron chi connectivity index (χ0n) is 10.4. The Kier molecular flexibility index (Phi) is 4.22. The van der Waals surface area contributed by atoms with Gasteiger partial charge in [-0.15, -0.1) is 0 Å². The van der Waals surface area contributed by atoms with Crippen molar-refractivity contribution in [2.24, 2.45) is 11.8 Å².